The minimum atomic E-state index is 0.0844. The monoisotopic (exact) mass is 184 g/mol. The van der Waals surface area contributed by atoms with Crippen LogP contribution in [-0.2, 0) is 0 Å². The highest BCUT2D eigenvalue weighted by atomic mass is 14.0. The Bertz CT molecular complexity index is 353. The second-order valence-corrected chi connectivity index (χ2v) is 4.26. The Labute approximate surface area is 86.7 Å². The number of allylic oxidation sites excluding steroid dienone is 1. The highest BCUT2D eigenvalue weighted by molar-refractivity contribution is 5.52. The third-order valence-corrected chi connectivity index (χ3v) is 1.61. The second kappa shape index (κ2) is 4.67. The van der Waals surface area contributed by atoms with Crippen LogP contribution in [0.5, 0.6) is 0 Å². The van der Waals surface area contributed by atoms with Crippen molar-refractivity contribution in [1.82, 2.24) is 0 Å². The van der Waals surface area contributed by atoms with Crippen molar-refractivity contribution in [3.8, 4) is 11.8 Å². The van der Waals surface area contributed by atoms with Crippen LogP contribution in [-0.4, -0.2) is 0 Å². The lowest BCUT2D eigenvalue weighted by Gasteiger charge is -2.05. The quantitative estimate of drug-likeness (QED) is 0.583. The molecule has 72 valence electrons. The van der Waals surface area contributed by atoms with Crippen molar-refractivity contribution < 1.29 is 0 Å². The van der Waals surface area contributed by atoms with Crippen molar-refractivity contribution in [1.29, 1.82) is 0 Å². The summed E-state index contributed by atoms with van der Waals surface area (Å²) in [6, 6.07) is 10.2. The molecule has 0 N–H and O–H groups in total. The van der Waals surface area contributed by atoms with Gasteiger partial charge in [-0.1, -0.05) is 42.2 Å². The van der Waals surface area contributed by atoms with Crippen molar-refractivity contribution in [2.45, 2.75) is 20.8 Å². The second-order valence-electron chi connectivity index (χ2n) is 4.26. The summed E-state index contributed by atoms with van der Waals surface area (Å²) >= 11 is 0. The van der Waals surface area contributed by atoms with Gasteiger partial charge < -0.3 is 0 Å². The molecule has 0 atom stereocenters. The highest BCUT2D eigenvalue weighted by Crippen LogP contribution is 2.09. The Kier molecular flexibility index (Phi) is 3.54. The van der Waals surface area contributed by atoms with E-state index in [1.54, 1.807) is 0 Å². The first-order valence-electron chi connectivity index (χ1n) is 4.82. The van der Waals surface area contributed by atoms with Gasteiger partial charge in [-0.15, -0.1) is 0 Å². The van der Waals surface area contributed by atoms with E-state index >= 15 is 0 Å². The molecule has 1 rings (SSSR count). The smallest absolute Gasteiger partial charge is 0.0233 e. The molecule has 0 nitrogen and oxygen atoms in total. The summed E-state index contributed by atoms with van der Waals surface area (Å²) < 4.78 is 0. The first-order valence-corrected chi connectivity index (χ1v) is 4.82. The molecule has 0 aliphatic rings. The first kappa shape index (κ1) is 10.6. The number of benzene rings is 1. The van der Waals surface area contributed by atoms with Gasteiger partial charge in [0, 0.05) is 5.41 Å². The molecule has 1 aromatic carbocycles. The Morgan fingerprint density at radius 2 is 1.71 bits per heavy atom. The third kappa shape index (κ3) is 4.52. The zero-order chi connectivity index (χ0) is 10.4. The van der Waals surface area contributed by atoms with Crippen LogP contribution in [0.25, 0.3) is 6.08 Å². The summed E-state index contributed by atoms with van der Waals surface area (Å²) in [6.45, 7) is 6.32. The maximum absolute atomic E-state index is 3.16. The molecule has 0 aliphatic carbocycles. The topological polar surface area (TPSA) is 0 Å². The van der Waals surface area contributed by atoms with Crippen LogP contribution in [0.3, 0.4) is 0 Å². The molecule has 0 saturated carbocycles. The van der Waals surface area contributed by atoms with E-state index in [4.69, 9.17) is 0 Å². The van der Waals surface area contributed by atoms with E-state index in [-0.39, 0.29) is 5.41 Å². The lowest BCUT2D eigenvalue weighted by Crippen LogP contribution is -1.98. The molecular weight excluding hydrogens is 168 g/mol. The van der Waals surface area contributed by atoms with Gasteiger partial charge in [0.05, 0.1) is 0 Å². The van der Waals surface area contributed by atoms with E-state index in [9.17, 15) is 0 Å². The average molecular weight is 184 g/mol. The molecular formula is C14H16. The van der Waals surface area contributed by atoms with Gasteiger partial charge in [-0.25, -0.2) is 0 Å². The fourth-order valence-electron chi connectivity index (χ4n) is 0.960. The van der Waals surface area contributed by atoms with Gasteiger partial charge in [0.15, 0.2) is 0 Å². The molecule has 0 radical (unpaired) electrons. The summed E-state index contributed by atoms with van der Waals surface area (Å²) in [5, 5.41) is 0. The molecule has 1 aromatic rings. The molecule has 14 heavy (non-hydrogen) atoms. The summed E-state index contributed by atoms with van der Waals surface area (Å²) in [5.74, 6) is 6.20. The maximum atomic E-state index is 3.16. The minimum absolute atomic E-state index is 0.0844. The molecule has 0 amide bonds. The zero-order valence-corrected chi connectivity index (χ0v) is 9.04. The van der Waals surface area contributed by atoms with Crippen molar-refractivity contribution in [3.63, 3.8) is 0 Å². The maximum Gasteiger partial charge on any atom is 0.0233 e. The van der Waals surface area contributed by atoms with Crippen molar-refractivity contribution in [2.24, 2.45) is 5.41 Å². The van der Waals surface area contributed by atoms with E-state index in [1.807, 2.05) is 30.4 Å². The fourth-order valence-corrected chi connectivity index (χ4v) is 0.960. The van der Waals surface area contributed by atoms with E-state index in [1.165, 1.54) is 5.56 Å². The van der Waals surface area contributed by atoms with Crippen LogP contribution in [0.1, 0.15) is 26.3 Å². The van der Waals surface area contributed by atoms with Gasteiger partial charge in [-0.3, -0.25) is 0 Å². The van der Waals surface area contributed by atoms with E-state index in [0.717, 1.165) is 0 Å². The standard InChI is InChI=1S/C14H16/c1-14(2,3)12-8-7-11-13-9-5-4-6-10-13/h4-7,9-11H,1-3H3/b11-7+. The lowest BCUT2D eigenvalue weighted by molar-refractivity contribution is 0.571. The predicted molar refractivity (Wildman–Crippen MR) is 62.7 cm³/mol. The highest BCUT2D eigenvalue weighted by Gasteiger charge is 2.02. The first-order chi connectivity index (χ1) is 6.58. The number of rotatable bonds is 1. The van der Waals surface area contributed by atoms with E-state index in [2.05, 4.69) is 44.7 Å². The lowest BCUT2D eigenvalue weighted by atomic mass is 9.98. The number of hydrogen-bond acceptors (Lipinski definition) is 0. The molecule has 0 saturated heterocycles. The van der Waals surface area contributed by atoms with Crippen LogP contribution >= 0.6 is 0 Å². The Morgan fingerprint density at radius 1 is 1.07 bits per heavy atom. The number of hydrogen-bond donors (Lipinski definition) is 0. The molecule has 0 bridgehead atoms. The molecule has 0 spiro atoms. The molecule has 0 heterocycles. The third-order valence-electron chi connectivity index (χ3n) is 1.61. The normalized spacial score (nSPS) is 11.1. The van der Waals surface area contributed by atoms with Gasteiger partial charge in [0.1, 0.15) is 0 Å². The SMILES string of the molecule is CC(C)(C)C#C/C=C/c1ccccc1. The van der Waals surface area contributed by atoms with E-state index in [0.29, 0.717) is 0 Å². The Balaban J connectivity index is 2.61. The van der Waals surface area contributed by atoms with Crippen LogP contribution in [0.15, 0.2) is 36.4 Å². The molecule has 0 aromatic heterocycles. The Morgan fingerprint density at radius 3 is 2.29 bits per heavy atom. The summed E-state index contributed by atoms with van der Waals surface area (Å²) in [6.07, 6.45) is 3.93. The van der Waals surface area contributed by atoms with Crippen LogP contribution in [0, 0.1) is 17.3 Å². The van der Waals surface area contributed by atoms with Crippen LogP contribution in [0.4, 0.5) is 0 Å². The van der Waals surface area contributed by atoms with Crippen LogP contribution in [0.2, 0.25) is 0 Å². The van der Waals surface area contributed by atoms with Crippen molar-refractivity contribution in [3.05, 3.63) is 42.0 Å². The molecule has 0 aliphatic heterocycles. The molecule has 0 heteroatoms. The van der Waals surface area contributed by atoms with Gasteiger partial charge in [-0.05, 0) is 38.5 Å². The van der Waals surface area contributed by atoms with Gasteiger partial charge in [0.25, 0.3) is 0 Å². The van der Waals surface area contributed by atoms with E-state index < -0.39 is 0 Å². The zero-order valence-electron chi connectivity index (χ0n) is 9.04. The van der Waals surface area contributed by atoms with Gasteiger partial charge in [-0.2, -0.15) is 0 Å². The predicted octanol–water partition coefficient (Wildman–Crippen LogP) is 3.75. The summed E-state index contributed by atoms with van der Waals surface area (Å²) in [7, 11) is 0. The average Bonchev–Trinajstić information content (AvgIpc) is 2.13. The summed E-state index contributed by atoms with van der Waals surface area (Å²) in [4.78, 5) is 0. The minimum Gasteiger partial charge on any atom is -0.0926 e. The fraction of sp³-hybridized carbons (Fsp3) is 0.286. The molecule has 0 unspecified atom stereocenters. The Hall–Kier alpha value is -1.48. The molecule has 0 fully saturated rings. The largest absolute Gasteiger partial charge is 0.0926 e. The van der Waals surface area contributed by atoms with Gasteiger partial charge in [0.2, 0.25) is 0 Å². The van der Waals surface area contributed by atoms with Crippen molar-refractivity contribution >= 4 is 6.08 Å². The van der Waals surface area contributed by atoms with Gasteiger partial charge >= 0.3 is 0 Å². The summed E-state index contributed by atoms with van der Waals surface area (Å²) in [5.41, 5.74) is 1.27. The van der Waals surface area contributed by atoms with Crippen molar-refractivity contribution in [2.75, 3.05) is 0 Å². The van der Waals surface area contributed by atoms with Crippen LogP contribution < -0.4 is 0 Å².